The Kier molecular flexibility index (Phi) is 3.91. The van der Waals surface area contributed by atoms with Crippen molar-refractivity contribution in [3.8, 4) is 0 Å². The molecule has 2 rings (SSSR count). The Labute approximate surface area is 110 Å². The first kappa shape index (κ1) is 13.7. The van der Waals surface area contributed by atoms with Crippen LogP contribution in [0.5, 0.6) is 0 Å². The molecule has 1 aliphatic rings. The number of sulfonamides is 1. The molecule has 0 aromatic heterocycles. The number of halogens is 2. The highest BCUT2D eigenvalue weighted by molar-refractivity contribution is 7.89. The fraction of sp³-hybridized carbons (Fsp3) is 0.455. The summed E-state index contributed by atoms with van der Waals surface area (Å²) < 4.78 is 38.7. The molecule has 0 radical (unpaired) electrons. The largest absolute Gasteiger partial charge is 0.396 e. The standard InChI is InChI=1S/C11H13ClFNO3S/c12-10-5-9(13)1-2-11(10)18(16,17)14-4-3-8(6-14)7-15/h1-2,5,8,15H,3-4,6-7H2. The number of hydrogen-bond donors (Lipinski definition) is 1. The highest BCUT2D eigenvalue weighted by Gasteiger charge is 2.33. The lowest BCUT2D eigenvalue weighted by Gasteiger charge is -2.17. The smallest absolute Gasteiger partial charge is 0.244 e. The summed E-state index contributed by atoms with van der Waals surface area (Å²) in [7, 11) is -3.71. The average molecular weight is 294 g/mol. The third kappa shape index (κ3) is 2.51. The molecule has 1 saturated heterocycles. The second-order valence-electron chi connectivity index (χ2n) is 4.28. The summed E-state index contributed by atoms with van der Waals surface area (Å²) in [5.74, 6) is -0.618. The van der Waals surface area contributed by atoms with Crippen molar-refractivity contribution in [2.75, 3.05) is 19.7 Å². The van der Waals surface area contributed by atoms with Gasteiger partial charge in [0.05, 0.1) is 5.02 Å². The maximum absolute atomic E-state index is 12.9. The van der Waals surface area contributed by atoms with E-state index < -0.39 is 15.8 Å². The monoisotopic (exact) mass is 293 g/mol. The van der Waals surface area contributed by atoms with Crippen LogP contribution in [0.2, 0.25) is 5.02 Å². The lowest BCUT2D eigenvalue weighted by atomic mass is 10.1. The van der Waals surface area contributed by atoms with Gasteiger partial charge < -0.3 is 5.11 Å². The highest BCUT2D eigenvalue weighted by atomic mass is 35.5. The van der Waals surface area contributed by atoms with Crippen LogP contribution in [0.25, 0.3) is 0 Å². The maximum Gasteiger partial charge on any atom is 0.244 e. The fourth-order valence-corrected chi connectivity index (χ4v) is 4.02. The van der Waals surface area contributed by atoms with Crippen LogP contribution in [0.4, 0.5) is 4.39 Å². The second-order valence-corrected chi connectivity index (χ2v) is 6.59. The van der Waals surface area contributed by atoms with Gasteiger partial charge in [0.15, 0.2) is 0 Å². The van der Waals surface area contributed by atoms with Crippen LogP contribution in [0, 0.1) is 11.7 Å². The summed E-state index contributed by atoms with van der Waals surface area (Å²) in [5.41, 5.74) is 0. The lowest BCUT2D eigenvalue weighted by Crippen LogP contribution is -2.29. The first-order valence-electron chi connectivity index (χ1n) is 5.51. The number of aliphatic hydroxyl groups excluding tert-OH is 1. The normalized spacial score (nSPS) is 21.4. The van der Waals surface area contributed by atoms with Crippen LogP contribution in [0.1, 0.15) is 6.42 Å². The topological polar surface area (TPSA) is 57.6 Å². The van der Waals surface area contributed by atoms with Crippen molar-refractivity contribution >= 4 is 21.6 Å². The van der Waals surface area contributed by atoms with E-state index in [1.165, 1.54) is 10.4 Å². The van der Waals surface area contributed by atoms with Crippen molar-refractivity contribution in [1.82, 2.24) is 4.31 Å². The fourth-order valence-electron chi connectivity index (χ4n) is 1.99. The molecule has 1 aromatic carbocycles. The summed E-state index contributed by atoms with van der Waals surface area (Å²) in [6.45, 7) is 0.580. The zero-order valence-electron chi connectivity index (χ0n) is 9.51. The lowest BCUT2D eigenvalue weighted by molar-refractivity contribution is 0.233. The van der Waals surface area contributed by atoms with Gasteiger partial charge in [0.1, 0.15) is 10.7 Å². The molecule has 1 aliphatic heterocycles. The molecule has 0 aliphatic carbocycles. The van der Waals surface area contributed by atoms with Gasteiger partial charge >= 0.3 is 0 Å². The first-order valence-corrected chi connectivity index (χ1v) is 7.33. The van der Waals surface area contributed by atoms with Gasteiger partial charge in [0.2, 0.25) is 10.0 Å². The minimum Gasteiger partial charge on any atom is -0.396 e. The van der Waals surface area contributed by atoms with Gasteiger partial charge in [-0.3, -0.25) is 0 Å². The number of nitrogens with zero attached hydrogens (tertiary/aromatic N) is 1. The molecular formula is C11H13ClFNO3S. The van der Waals surface area contributed by atoms with E-state index >= 15 is 0 Å². The zero-order valence-corrected chi connectivity index (χ0v) is 11.1. The predicted octanol–water partition coefficient (Wildman–Crippen LogP) is 1.48. The Balaban J connectivity index is 2.31. The van der Waals surface area contributed by atoms with Crippen LogP contribution < -0.4 is 0 Å². The molecule has 0 saturated carbocycles. The molecule has 1 heterocycles. The van der Waals surface area contributed by atoms with E-state index in [4.69, 9.17) is 16.7 Å². The van der Waals surface area contributed by atoms with Crippen molar-refractivity contribution in [2.45, 2.75) is 11.3 Å². The number of hydrogen-bond acceptors (Lipinski definition) is 3. The highest BCUT2D eigenvalue weighted by Crippen LogP contribution is 2.29. The van der Waals surface area contributed by atoms with Crippen molar-refractivity contribution in [2.24, 2.45) is 5.92 Å². The molecule has 1 unspecified atom stereocenters. The Morgan fingerprint density at radius 3 is 2.78 bits per heavy atom. The minimum atomic E-state index is -3.71. The van der Waals surface area contributed by atoms with Crippen LogP contribution in [-0.2, 0) is 10.0 Å². The number of aliphatic hydroxyl groups is 1. The predicted molar refractivity (Wildman–Crippen MR) is 65.4 cm³/mol. The third-order valence-corrected chi connectivity index (χ3v) is 5.37. The molecule has 1 N–H and O–H groups in total. The molecule has 7 heteroatoms. The van der Waals surface area contributed by atoms with E-state index in [1.54, 1.807) is 0 Å². The summed E-state index contributed by atoms with van der Waals surface area (Å²) in [6.07, 6.45) is 0.620. The molecule has 100 valence electrons. The van der Waals surface area contributed by atoms with Crippen molar-refractivity contribution in [3.05, 3.63) is 29.0 Å². The molecule has 0 amide bonds. The van der Waals surface area contributed by atoms with Crippen LogP contribution in [-0.4, -0.2) is 37.5 Å². The van der Waals surface area contributed by atoms with Gasteiger partial charge in [-0.1, -0.05) is 11.6 Å². The van der Waals surface area contributed by atoms with E-state index in [0.29, 0.717) is 13.0 Å². The first-order chi connectivity index (χ1) is 8.45. The number of rotatable bonds is 3. The molecule has 0 spiro atoms. The van der Waals surface area contributed by atoms with E-state index in [1.807, 2.05) is 0 Å². The van der Waals surface area contributed by atoms with Crippen molar-refractivity contribution in [1.29, 1.82) is 0 Å². The van der Waals surface area contributed by atoms with Crippen molar-refractivity contribution < 1.29 is 17.9 Å². The van der Waals surface area contributed by atoms with Gasteiger partial charge in [-0.2, -0.15) is 4.31 Å². The van der Waals surface area contributed by atoms with E-state index in [2.05, 4.69) is 0 Å². The molecule has 18 heavy (non-hydrogen) atoms. The molecule has 0 bridgehead atoms. The van der Waals surface area contributed by atoms with Gasteiger partial charge in [-0.25, -0.2) is 12.8 Å². The minimum absolute atomic E-state index is 0.0385. The summed E-state index contributed by atoms with van der Waals surface area (Å²) in [4.78, 5) is -0.0934. The van der Waals surface area contributed by atoms with Gasteiger partial charge in [-0.15, -0.1) is 0 Å². The quantitative estimate of drug-likeness (QED) is 0.918. The molecule has 1 atom stereocenters. The summed E-state index contributed by atoms with van der Waals surface area (Å²) in [6, 6.07) is 3.21. The Hall–Kier alpha value is -0.690. The van der Waals surface area contributed by atoms with E-state index in [-0.39, 0.29) is 29.0 Å². The van der Waals surface area contributed by atoms with Crippen LogP contribution in [0.3, 0.4) is 0 Å². The molecule has 1 aromatic rings. The van der Waals surface area contributed by atoms with Gasteiger partial charge in [0.25, 0.3) is 0 Å². The Morgan fingerprint density at radius 2 is 2.22 bits per heavy atom. The third-order valence-electron chi connectivity index (χ3n) is 3.02. The Morgan fingerprint density at radius 1 is 1.50 bits per heavy atom. The summed E-state index contributed by atoms with van der Waals surface area (Å²) in [5, 5.41) is 8.89. The SMILES string of the molecule is O=S(=O)(c1ccc(F)cc1Cl)N1CCC(CO)C1. The van der Waals surface area contributed by atoms with E-state index in [9.17, 15) is 12.8 Å². The van der Waals surface area contributed by atoms with Crippen molar-refractivity contribution in [3.63, 3.8) is 0 Å². The Bertz CT molecular complexity index is 549. The van der Waals surface area contributed by atoms with Gasteiger partial charge in [-0.05, 0) is 30.5 Å². The molecule has 1 fully saturated rings. The summed E-state index contributed by atoms with van der Waals surface area (Å²) >= 11 is 5.77. The van der Waals surface area contributed by atoms with Crippen LogP contribution >= 0.6 is 11.6 Å². The molecular weight excluding hydrogens is 281 g/mol. The zero-order chi connectivity index (χ0) is 13.3. The average Bonchev–Trinajstić information content (AvgIpc) is 2.77. The second kappa shape index (κ2) is 5.13. The molecule has 4 nitrogen and oxygen atoms in total. The van der Waals surface area contributed by atoms with E-state index in [0.717, 1.165) is 12.1 Å². The number of benzene rings is 1. The van der Waals surface area contributed by atoms with Gasteiger partial charge in [0, 0.05) is 19.7 Å². The maximum atomic E-state index is 12.9. The van der Waals surface area contributed by atoms with Crippen LogP contribution in [0.15, 0.2) is 23.1 Å².